The van der Waals surface area contributed by atoms with Crippen molar-refractivity contribution in [1.29, 1.82) is 0 Å². The maximum Gasteiger partial charge on any atom is 0.344 e. The Balaban J connectivity index is 3.01. The number of ether oxygens (including phenoxy) is 2. The van der Waals surface area contributed by atoms with Gasteiger partial charge in [0.15, 0.2) is 12.9 Å². The van der Waals surface area contributed by atoms with E-state index in [1.165, 1.54) is 0 Å². The minimum absolute atomic E-state index is 0.170. The standard InChI is InChI=1S/C16H22O4/c1-4-7-13-8-12(5-2)9-14(10-17)16(13)20-11-15(18)19-6-3/h8-10H,4-7,11H2,1-3H3. The molecule has 1 rings (SSSR count). The van der Waals surface area contributed by atoms with Crippen LogP contribution in [0.15, 0.2) is 12.1 Å². The van der Waals surface area contributed by atoms with Gasteiger partial charge in [0.1, 0.15) is 5.75 Å². The molecule has 110 valence electrons. The van der Waals surface area contributed by atoms with Crippen LogP contribution in [0, 0.1) is 0 Å². The van der Waals surface area contributed by atoms with Gasteiger partial charge in [0.2, 0.25) is 0 Å². The molecule has 0 aromatic heterocycles. The molecule has 0 fully saturated rings. The molecule has 0 bridgehead atoms. The summed E-state index contributed by atoms with van der Waals surface area (Å²) in [6.07, 6.45) is 3.39. The van der Waals surface area contributed by atoms with E-state index in [2.05, 4.69) is 6.92 Å². The van der Waals surface area contributed by atoms with Gasteiger partial charge in [-0.25, -0.2) is 4.79 Å². The van der Waals surface area contributed by atoms with Crippen LogP contribution in [0.1, 0.15) is 48.7 Å². The number of benzene rings is 1. The van der Waals surface area contributed by atoms with E-state index in [0.717, 1.165) is 36.7 Å². The summed E-state index contributed by atoms with van der Waals surface area (Å²) >= 11 is 0. The van der Waals surface area contributed by atoms with Gasteiger partial charge in [-0.2, -0.15) is 0 Å². The first kappa shape index (κ1) is 16.2. The van der Waals surface area contributed by atoms with Crippen LogP contribution in [0.3, 0.4) is 0 Å². The molecule has 0 aliphatic heterocycles. The summed E-state index contributed by atoms with van der Waals surface area (Å²) in [4.78, 5) is 22.6. The van der Waals surface area contributed by atoms with Gasteiger partial charge in [-0.05, 0) is 37.0 Å². The third-order valence-corrected chi connectivity index (χ3v) is 2.95. The molecular formula is C16H22O4. The first-order valence-electron chi connectivity index (χ1n) is 7.05. The smallest absolute Gasteiger partial charge is 0.344 e. The van der Waals surface area contributed by atoms with Gasteiger partial charge in [-0.3, -0.25) is 4.79 Å². The first-order valence-corrected chi connectivity index (χ1v) is 7.05. The topological polar surface area (TPSA) is 52.6 Å². The Bertz CT molecular complexity index is 466. The first-order chi connectivity index (χ1) is 9.65. The number of carbonyl (C=O) groups excluding carboxylic acids is 2. The lowest BCUT2D eigenvalue weighted by atomic mass is 10.00. The lowest BCUT2D eigenvalue weighted by molar-refractivity contribution is -0.145. The fourth-order valence-corrected chi connectivity index (χ4v) is 2.04. The van der Waals surface area contributed by atoms with Crippen molar-refractivity contribution in [2.45, 2.75) is 40.0 Å². The molecule has 20 heavy (non-hydrogen) atoms. The van der Waals surface area contributed by atoms with E-state index < -0.39 is 5.97 Å². The largest absolute Gasteiger partial charge is 0.481 e. The Hall–Kier alpha value is -1.84. The Morgan fingerprint density at radius 1 is 1.25 bits per heavy atom. The maximum atomic E-state index is 11.4. The number of aryl methyl sites for hydroxylation is 2. The van der Waals surface area contributed by atoms with Crippen LogP contribution in [0.2, 0.25) is 0 Å². The van der Waals surface area contributed by atoms with Gasteiger partial charge in [0.05, 0.1) is 12.2 Å². The minimum atomic E-state index is -0.425. The molecule has 4 nitrogen and oxygen atoms in total. The van der Waals surface area contributed by atoms with Crippen LogP contribution < -0.4 is 4.74 Å². The highest BCUT2D eigenvalue weighted by molar-refractivity contribution is 5.81. The molecular weight excluding hydrogens is 256 g/mol. The average molecular weight is 278 g/mol. The zero-order chi connectivity index (χ0) is 15.0. The van der Waals surface area contributed by atoms with Crippen molar-refractivity contribution in [3.05, 3.63) is 28.8 Å². The molecule has 0 atom stereocenters. The van der Waals surface area contributed by atoms with Crippen molar-refractivity contribution in [3.8, 4) is 5.75 Å². The molecule has 0 N–H and O–H groups in total. The fraction of sp³-hybridized carbons (Fsp3) is 0.500. The summed E-state index contributed by atoms with van der Waals surface area (Å²) in [6.45, 7) is 6.00. The zero-order valence-electron chi connectivity index (χ0n) is 12.4. The van der Waals surface area contributed by atoms with Gasteiger partial charge in [0, 0.05) is 0 Å². The van der Waals surface area contributed by atoms with Crippen LogP contribution in [0.25, 0.3) is 0 Å². The van der Waals surface area contributed by atoms with E-state index in [0.29, 0.717) is 17.9 Å². The number of rotatable bonds is 8. The molecule has 0 spiro atoms. The molecule has 0 amide bonds. The van der Waals surface area contributed by atoms with Crippen LogP contribution in [0.4, 0.5) is 0 Å². The predicted molar refractivity (Wildman–Crippen MR) is 77.3 cm³/mol. The Morgan fingerprint density at radius 3 is 2.55 bits per heavy atom. The molecule has 0 saturated heterocycles. The van der Waals surface area contributed by atoms with Crippen molar-refractivity contribution in [2.24, 2.45) is 0 Å². The summed E-state index contributed by atoms with van der Waals surface area (Å²) in [5.74, 6) is 0.0819. The maximum absolute atomic E-state index is 11.4. The fourth-order valence-electron chi connectivity index (χ4n) is 2.04. The SMILES string of the molecule is CCCc1cc(CC)cc(C=O)c1OCC(=O)OCC. The third kappa shape index (κ3) is 4.37. The molecule has 0 radical (unpaired) electrons. The second kappa shape index (κ2) is 8.35. The van der Waals surface area contributed by atoms with Crippen molar-refractivity contribution >= 4 is 12.3 Å². The highest BCUT2D eigenvalue weighted by Gasteiger charge is 2.13. The van der Waals surface area contributed by atoms with Crippen molar-refractivity contribution in [3.63, 3.8) is 0 Å². The van der Waals surface area contributed by atoms with Crippen molar-refractivity contribution in [2.75, 3.05) is 13.2 Å². The molecule has 0 heterocycles. The van der Waals surface area contributed by atoms with Gasteiger partial charge >= 0.3 is 5.97 Å². The Kier molecular flexibility index (Phi) is 6.77. The second-order valence-corrected chi connectivity index (χ2v) is 4.49. The van der Waals surface area contributed by atoms with Gasteiger partial charge < -0.3 is 9.47 Å². The number of hydrogen-bond acceptors (Lipinski definition) is 4. The summed E-state index contributed by atoms with van der Waals surface area (Å²) in [6, 6.07) is 3.85. The highest BCUT2D eigenvalue weighted by atomic mass is 16.6. The van der Waals surface area contributed by atoms with Gasteiger partial charge in [-0.1, -0.05) is 26.3 Å². The zero-order valence-corrected chi connectivity index (χ0v) is 12.4. The van der Waals surface area contributed by atoms with Gasteiger partial charge in [-0.15, -0.1) is 0 Å². The third-order valence-electron chi connectivity index (χ3n) is 2.95. The minimum Gasteiger partial charge on any atom is -0.481 e. The lowest BCUT2D eigenvalue weighted by Gasteiger charge is -2.14. The number of esters is 1. The molecule has 0 aliphatic rings. The average Bonchev–Trinajstić information content (AvgIpc) is 2.45. The van der Waals surface area contributed by atoms with E-state index in [9.17, 15) is 9.59 Å². The van der Waals surface area contributed by atoms with Crippen LogP contribution >= 0.6 is 0 Å². The molecule has 0 aliphatic carbocycles. The second-order valence-electron chi connectivity index (χ2n) is 4.49. The molecule has 1 aromatic rings. The highest BCUT2D eigenvalue weighted by Crippen LogP contribution is 2.26. The van der Waals surface area contributed by atoms with Crippen molar-refractivity contribution in [1.82, 2.24) is 0 Å². The van der Waals surface area contributed by atoms with Crippen LogP contribution in [-0.4, -0.2) is 25.5 Å². The van der Waals surface area contributed by atoms with Crippen molar-refractivity contribution < 1.29 is 19.1 Å². The lowest BCUT2D eigenvalue weighted by Crippen LogP contribution is -2.16. The van der Waals surface area contributed by atoms with E-state index in [1.807, 2.05) is 19.1 Å². The van der Waals surface area contributed by atoms with Crippen LogP contribution in [-0.2, 0) is 22.4 Å². The normalized spacial score (nSPS) is 10.2. The molecule has 1 aromatic carbocycles. The molecule has 0 unspecified atom stereocenters. The molecule has 0 saturated carbocycles. The summed E-state index contributed by atoms with van der Waals surface area (Å²) in [5.41, 5.74) is 2.56. The van der Waals surface area contributed by atoms with Crippen LogP contribution in [0.5, 0.6) is 5.75 Å². The molecule has 4 heteroatoms. The number of hydrogen-bond donors (Lipinski definition) is 0. The summed E-state index contributed by atoms with van der Waals surface area (Å²) in [5, 5.41) is 0. The van der Waals surface area contributed by atoms with E-state index in [1.54, 1.807) is 6.92 Å². The summed E-state index contributed by atoms with van der Waals surface area (Å²) in [7, 11) is 0. The summed E-state index contributed by atoms with van der Waals surface area (Å²) < 4.78 is 10.3. The van der Waals surface area contributed by atoms with E-state index >= 15 is 0 Å². The van der Waals surface area contributed by atoms with E-state index in [4.69, 9.17) is 9.47 Å². The van der Waals surface area contributed by atoms with E-state index in [-0.39, 0.29) is 6.61 Å². The number of carbonyl (C=O) groups is 2. The predicted octanol–water partition coefficient (Wildman–Crippen LogP) is 2.96. The van der Waals surface area contributed by atoms with Gasteiger partial charge in [0.25, 0.3) is 0 Å². The quantitative estimate of drug-likeness (QED) is 0.542. The monoisotopic (exact) mass is 278 g/mol. The Morgan fingerprint density at radius 2 is 2.00 bits per heavy atom. The Labute approximate surface area is 120 Å². The number of aldehydes is 1.